The third kappa shape index (κ3) is 10.0. The molecule has 3 aliphatic rings. The highest BCUT2D eigenvalue weighted by Gasteiger charge is 2.57. The number of hydrogen-bond acceptors (Lipinski definition) is 15. The highest BCUT2D eigenvalue weighted by molar-refractivity contribution is 6.00. The molecule has 1 aromatic carbocycles. The van der Waals surface area contributed by atoms with Crippen molar-refractivity contribution in [1.82, 2.24) is 25.0 Å². The Morgan fingerprint density at radius 3 is 2.37 bits per heavy atom. The van der Waals surface area contributed by atoms with Crippen molar-refractivity contribution in [2.24, 2.45) is 23.7 Å². The normalized spacial score (nSPS) is 36.0. The molecule has 0 bridgehead atoms. The molecule has 324 valence electrons. The van der Waals surface area contributed by atoms with Crippen molar-refractivity contribution in [3.8, 4) is 5.69 Å². The number of carbonyl (C=O) groups excluding carboxylic acids is 5. The number of Topliss-reactive ketones (excluding diaryl/α,β-unsaturated/α-hetero) is 2. The SMILES string of the molecule is CC[C@H]1OC(=O)[C@H](C)C(=O)[C@H](C)[C@@H](O[C@@H]2O[C@H](C)C[C@H](N(C)C)[C@H]2O)[C@](C)(OC(=O)OCC=Cc2ccc(-n3cncn3)cc2)C[C@@H](C)C(=O)[C@H](C)[C@H]2NC(=O)O[C@@]21C. The van der Waals surface area contributed by atoms with Gasteiger partial charge in [0.05, 0.1) is 17.8 Å². The zero-order chi connectivity index (χ0) is 43.4. The minimum Gasteiger partial charge on any atom is -0.458 e. The third-order valence-electron chi connectivity index (χ3n) is 12.0. The van der Waals surface area contributed by atoms with E-state index >= 15 is 0 Å². The molecule has 3 fully saturated rings. The van der Waals surface area contributed by atoms with Crippen molar-refractivity contribution in [2.75, 3.05) is 20.7 Å². The van der Waals surface area contributed by atoms with Gasteiger partial charge in [0.1, 0.15) is 54.9 Å². The van der Waals surface area contributed by atoms with E-state index < -0.39 is 95.6 Å². The molecule has 3 aliphatic heterocycles. The maximum absolute atomic E-state index is 14.4. The Bertz CT molecular complexity index is 1840. The Labute approximate surface area is 345 Å². The van der Waals surface area contributed by atoms with Crippen molar-refractivity contribution >= 4 is 35.9 Å². The molecular formula is C42H59N5O12. The van der Waals surface area contributed by atoms with Gasteiger partial charge in [-0.05, 0) is 84.8 Å². The summed E-state index contributed by atoms with van der Waals surface area (Å²) in [6.07, 6.45) is -0.248. The number of fused-ring (bicyclic) bond motifs is 1. The van der Waals surface area contributed by atoms with E-state index in [2.05, 4.69) is 15.4 Å². The Balaban J connectivity index is 1.49. The molecule has 17 nitrogen and oxygen atoms in total. The van der Waals surface area contributed by atoms with E-state index in [1.807, 2.05) is 50.2 Å². The number of ether oxygens (including phenoxy) is 6. The molecule has 1 amide bonds. The van der Waals surface area contributed by atoms with Gasteiger partial charge in [-0.25, -0.2) is 19.3 Å². The summed E-state index contributed by atoms with van der Waals surface area (Å²) in [5, 5.41) is 18.4. The zero-order valence-electron chi connectivity index (χ0n) is 35.5. The largest absolute Gasteiger partial charge is 0.509 e. The number of likely N-dealkylation sites (N-methyl/N-ethyl adjacent to an activating group) is 1. The molecule has 4 heterocycles. The molecule has 2 aromatic rings. The number of benzene rings is 1. The Morgan fingerprint density at radius 2 is 1.75 bits per heavy atom. The van der Waals surface area contributed by atoms with Gasteiger partial charge in [-0.1, -0.05) is 45.9 Å². The molecule has 17 heteroatoms. The average Bonchev–Trinajstić information content (AvgIpc) is 3.84. The molecule has 5 rings (SSSR count). The third-order valence-corrected chi connectivity index (χ3v) is 12.0. The first kappa shape index (κ1) is 45.4. The molecule has 0 spiro atoms. The lowest BCUT2D eigenvalue weighted by Gasteiger charge is -2.46. The lowest BCUT2D eigenvalue weighted by Crippen LogP contribution is -2.60. The van der Waals surface area contributed by atoms with Crippen LogP contribution in [0.4, 0.5) is 9.59 Å². The summed E-state index contributed by atoms with van der Waals surface area (Å²) in [4.78, 5) is 74.8. The number of amides is 1. The number of nitrogens with zero attached hydrogens (tertiary/aromatic N) is 4. The molecule has 1 aromatic heterocycles. The first-order chi connectivity index (χ1) is 27.8. The molecule has 59 heavy (non-hydrogen) atoms. The second-order valence-electron chi connectivity index (χ2n) is 16.7. The molecule has 2 N–H and O–H groups in total. The maximum Gasteiger partial charge on any atom is 0.509 e. The van der Waals surface area contributed by atoms with E-state index in [9.17, 15) is 29.1 Å². The number of nitrogens with one attached hydrogen (secondary N) is 1. The minimum absolute atomic E-state index is 0.189. The number of aromatic nitrogens is 3. The van der Waals surface area contributed by atoms with Crippen LogP contribution < -0.4 is 5.32 Å². The molecular weight excluding hydrogens is 766 g/mol. The number of rotatable bonds is 9. The number of cyclic esters (lactones) is 1. The summed E-state index contributed by atoms with van der Waals surface area (Å²) in [7, 11) is 3.63. The van der Waals surface area contributed by atoms with E-state index in [1.54, 1.807) is 50.9 Å². The fraction of sp³-hybridized carbons (Fsp3) is 0.643. The predicted molar refractivity (Wildman–Crippen MR) is 212 cm³/mol. The Morgan fingerprint density at radius 1 is 1.05 bits per heavy atom. The van der Waals surface area contributed by atoms with E-state index in [0.29, 0.717) is 6.42 Å². The zero-order valence-corrected chi connectivity index (χ0v) is 35.5. The van der Waals surface area contributed by atoms with Crippen LogP contribution in [-0.2, 0) is 42.8 Å². The fourth-order valence-electron chi connectivity index (χ4n) is 8.69. The van der Waals surface area contributed by atoms with Crippen LogP contribution in [0.5, 0.6) is 0 Å². The standard InChI is InChI=1S/C42H59N5O12/c1-11-31-42(8)35(45-39(52)58-42)25(4)32(48)23(2)20-41(7,59-40(53)54-18-12-13-28-14-16-29(17-15-28)47-22-43-21-44-47)36(26(5)33(49)27(6)37(51)56-31)57-38-34(50)30(46(9)10)19-24(3)55-38/h12-17,21-27,30-31,34-36,38,50H,11,18-20H2,1-10H3,(H,45,52)/t23-,24-,25+,26+,27-,30+,31-,34-,35-,36-,38+,41-,42-/m1/s1. The summed E-state index contributed by atoms with van der Waals surface area (Å²) in [5.41, 5.74) is -1.63. The lowest BCUT2D eigenvalue weighted by molar-refractivity contribution is -0.293. The van der Waals surface area contributed by atoms with Crippen LogP contribution in [0.2, 0.25) is 0 Å². The number of aliphatic hydroxyl groups is 1. The second-order valence-corrected chi connectivity index (χ2v) is 16.7. The number of aliphatic hydroxyl groups excluding tert-OH is 1. The average molecular weight is 826 g/mol. The first-order valence-electron chi connectivity index (χ1n) is 20.2. The van der Waals surface area contributed by atoms with Gasteiger partial charge in [0.15, 0.2) is 17.7 Å². The fourth-order valence-corrected chi connectivity index (χ4v) is 8.69. The van der Waals surface area contributed by atoms with Crippen molar-refractivity contribution in [2.45, 2.75) is 129 Å². The van der Waals surface area contributed by atoms with E-state index in [1.165, 1.54) is 27.1 Å². The molecule has 0 unspecified atom stereocenters. The van der Waals surface area contributed by atoms with Gasteiger partial charge < -0.3 is 43.7 Å². The topological polar surface area (TPSA) is 207 Å². The molecule has 0 aliphatic carbocycles. The van der Waals surface area contributed by atoms with Crippen LogP contribution >= 0.6 is 0 Å². The van der Waals surface area contributed by atoms with E-state index in [0.717, 1.165) is 11.3 Å². The van der Waals surface area contributed by atoms with Crippen LogP contribution in [0.1, 0.15) is 80.2 Å². The van der Waals surface area contributed by atoms with Crippen LogP contribution in [0, 0.1) is 23.7 Å². The van der Waals surface area contributed by atoms with Crippen molar-refractivity contribution in [3.63, 3.8) is 0 Å². The number of alkyl carbamates (subject to hydrolysis) is 1. The first-order valence-corrected chi connectivity index (χ1v) is 20.2. The summed E-state index contributed by atoms with van der Waals surface area (Å²) in [5.74, 6) is -6.11. The van der Waals surface area contributed by atoms with Crippen LogP contribution in [0.15, 0.2) is 43.0 Å². The van der Waals surface area contributed by atoms with Crippen LogP contribution in [0.3, 0.4) is 0 Å². The van der Waals surface area contributed by atoms with E-state index in [4.69, 9.17) is 28.4 Å². The summed E-state index contributed by atoms with van der Waals surface area (Å²) >= 11 is 0. The summed E-state index contributed by atoms with van der Waals surface area (Å²) in [6, 6.07) is 6.12. The van der Waals surface area contributed by atoms with Gasteiger partial charge in [0.2, 0.25) is 0 Å². The molecule has 0 saturated carbocycles. The Kier molecular flexibility index (Phi) is 14.4. The lowest BCUT2D eigenvalue weighted by atomic mass is 9.73. The van der Waals surface area contributed by atoms with Gasteiger partial charge in [-0.2, -0.15) is 5.10 Å². The minimum atomic E-state index is -1.81. The Hall–Kier alpha value is -4.71. The van der Waals surface area contributed by atoms with Crippen LogP contribution in [-0.4, -0.2) is 129 Å². The summed E-state index contributed by atoms with van der Waals surface area (Å²) < 4.78 is 37.6. The smallest absolute Gasteiger partial charge is 0.458 e. The van der Waals surface area contributed by atoms with Gasteiger partial charge in [-0.15, -0.1) is 0 Å². The maximum atomic E-state index is 14.4. The monoisotopic (exact) mass is 825 g/mol. The van der Waals surface area contributed by atoms with Gasteiger partial charge >= 0.3 is 18.2 Å². The number of ketones is 2. The van der Waals surface area contributed by atoms with Crippen molar-refractivity contribution < 1.29 is 57.5 Å². The number of hydrogen-bond donors (Lipinski definition) is 2. The second kappa shape index (κ2) is 18.7. The van der Waals surface area contributed by atoms with Gasteiger partial charge in [0, 0.05) is 23.8 Å². The van der Waals surface area contributed by atoms with Crippen molar-refractivity contribution in [3.05, 3.63) is 48.6 Å². The predicted octanol–water partition coefficient (Wildman–Crippen LogP) is 4.28. The number of carbonyl (C=O) groups is 5. The number of esters is 1. The molecule has 0 radical (unpaired) electrons. The van der Waals surface area contributed by atoms with Crippen LogP contribution in [0.25, 0.3) is 11.8 Å². The van der Waals surface area contributed by atoms with Gasteiger partial charge in [0.25, 0.3) is 0 Å². The highest BCUT2D eigenvalue weighted by atomic mass is 16.8. The van der Waals surface area contributed by atoms with E-state index in [-0.39, 0.29) is 31.3 Å². The summed E-state index contributed by atoms with van der Waals surface area (Å²) in [6.45, 7) is 12.7. The van der Waals surface area contributed by atoms with Crippen molar-refractivity contribution in [1.29, 1.82) is 0 Å². The van der Waals surface area contributed by atoms with Gasteiger partial charge in [-0.3, -0.25) is 14.4 Å². The quantitative estimate of drug-likeness (QED) is 0.206. The molecule has 3 saturated heterocycles. The molecule has 13 atom stereocenters. The highest BCUT2D eigenvalue weighted by Crippen LogP contribution is 2.40.